The first-order chi connectivity index (χ1) is 9.15. The van der Waals surface area contributed by atoms with E-state index in [0.717, 1.165) is 23.1 Å². The van der Waals surface area contributed by atoms with Crippen molar-refractivity contribution in [3.8, 4) is 0 Å². The number of para-hydroxylation sites is 1. The number of aromatic nitrogens is 2. The lowest BCUT2D eigenvalue weighted by Gasteiger charge is -2.16. The number of likely N-dealkylation sites (N-methyl/N-ethyl adjacent to an activating group) is 1. The summed E-state index contributed by atoms with van der Waals surface area (Å²) in [6, 6.07) is 8.07. The quantitative estimate of drug-likeness (QED) is 0.863. The maximum atomic E-state index is 10.8. The van der Waals surface area contributed by atoms with Crippen LogP contribution >= 0.6 is 0 Å². The molecule has 5 nitrogen and oxygen atoms in total. The SMILES string of the molecule is CCN(CC(=O)O)Cc1nn(CC)c2ccccc12. The van der Waals surface area contributed by atoms with Crippen LogP contribution in [0.15, 0.2) is 24.3 Å². The molecule has 0 fully saturated rings. The van der Waals surface area contributed by atoms with Gasteiger partial charge in [0.15, 0.2) is 0 Å². The van der Waals surface area contributed by atoms with E-state index in [9.17, 15) is 4.79 Å². The zero-order valence-electron chi connectivity index (χ0n) is 11.3. The lowest BCUT2D eigenvalue weighted by molar-refractivity contribution is -0.138. The monoisotopic (exact) mass is 261 g/mol. The van der Waals surface area contributed by atoms with Gasteiger partial charge in [-0.1, -0.05) is 25.1 Å². The van der Waals surface area contributed by atoms with E-state index in [4.69, 9.17) is 5.11 Å². The lowest BCUT2D eigenvalue weighted by Crippen LogP contribution is -2.29. The number of benzene rings is 1. The van der Waals surface area contributed by atoms with E-state index >= 15 is 0 Å². The minimum absolute atomic E-state index is 0.0454. The van der Waals surface area contributed by atoms with Crippen molar-refractivity contribution < 1.29 is 9.90 Å². The molecule has 1 aromatic carbocycles. The van der Waals surface area contributed by atoms with Crippen molar-refractivity contribution in [1.82, 2.24) is 14.7 Å². The van der Waals surface area contributed by atoms with Crippen LogP contribution in [-0.2, 0) is 17.9 Å². The number of nitrogens with zero attached hydrogens (tertiary/aromatic N) is 3. The summed E-state index contributed by atoms with van der Waals surface area (Å²) in [7, 11) is 0. The summed E-state index contributed by atoms with van der Waals surface area (Å²) in [5.41, 5.74) is 2.05. The Morgan fingerprint density at radius 1 is 1.37 bits per heavy atom. The third-order valence-electron chi connectivity index (χ3n) is 3.21. The van der Waals surface area contributed by atoms with Crippen LogP contribution in [0.5, 0.6) is 0 Å². The summed E-state index contributed by atoms with van der Waals surface area (Å²) in [5, 5.41) is 14.6. The highest BCUT2D eigenvalue weighted by molar-refractivity contribution is 5.82. The van der Waals surface area contributed by atoms with E-state index < -0.39 is 5.97 Å². The fraction of sp³-hybridized carbons (Fsp3) is 0.429. The summed E-state index contributed by atoms with van der Waals surface area (Å²) < 4.78 is 1.96. The van der Waals surface area contributed by atoms with Gasteiger partial charge in [0.25, 0.3) is 0 Å². The van der Waals surface area contributed by atoms with Gasteiger partial charge in [-0.15, -0.1) is 0 Å². The average molecular weight is 261 g/mol. The van der Waals surface area contributed by atoms with Crippen molar-refractivity contribution in [2.45, 2.75) is 26.9 Å². The van der Waals surface area contributed by atoms with E-state index in [1.807, 2.05) is 40.8 Å². The summed E-state index contributed by atoms with van der Waals surface area (Å²) >= 11 is 0. The van der Waals surface area contributed by atoms with Crippen LogP contribution in [0.1, 0.15) is 19.5 Å². The molecular weight excluding hydrogens is 242 g/mol. The Morgan fingerprint density at radius 3 is 2.74 bits per heavy atom. The van der Waals surface area contributed by atoms with Crippen molar-refractivity contribution in [3.63, 3.8) is 0 Å². The molecule has 0 aliphatic heterocycles. The van der Waals surface area contributed by atoms with Gasteiger partial charge in [0, 0.05) is 18.5 Å². The summed E-state index contributed by atoms with van der Waals surface area (Å²) in [6.45, 7) is 6.13. The molecule has 102 valence electrons. The molecule has 0 saturated carbocycles. The van der Waals surface area contributed by atoms with Crippen LogP contribution in [0.3, 0.4) is 0 Å². The second-order valence-corrected chi connectivity index (χ2v) is 4.48. The van der Waals surface area contributed by atoms with Crippen molar-refractivity contribution in [1.29, 1.82) is 0 Å². The van der Waals surface area contributed by atoms with Crippen LogP contribution in [0.4, 0.5) is 0 Å². The zero-order valence-corrected chi connectivity index (χ0v) is 11.3. The normalized spacial score (nSPS) is 11.3. The van der Waals surface area contributed by atoms with Gasteiger partial charge >= 0.3 is 5.97 Å². The number of carboxylic acids is 1. The predicted octanol–water partition coefficient (Wildman–Crippen LogP) is 1.96. The Hall–Kier alpha value is -1.88. The summed E-state index contributed by atoms with van der Waals surface area (Å²) in [6.07, 6.45) is 0. The fourth-order valence-electron chi connectivity index (χ4n) is 2.24. The fourth-order valence-corrected chi connectivity index (χ4v) is 2.24. The second kappa shape index (κ2) is 5.84. The summed E-state index contributed by atoms with van der Waals surface area (Å²) in [5.74, 6) is -0.805. The lowest BCUT2D eigenvalue weighted by atomic mass is 10.2. The van der Waals surface area contributed by atoms with Crippen LogP contribution in [0.25, 0.3) is 10.9 Å². The number of hydrogen-bond donors (Lipinski definition) is 1. The molecule has 0 aliphatic carbocycles. The average Bonchev–Trinajstić information content (AvgIpc) is 2.76. The topological polar surface area (TPSA) is 58.4 Å². The molecular formula is C14H19N3O2. The van der Waals surface area contributed by atoms with Crippen LogP contribution in [-0.4, -0.2) is 38.8 Å². The Bertz CT molecular complexity index is 577. The van der Waals surface area contributed by atoms with Gasteiger partial charge in [-0.3, -0.25) is 14.4 Å². The van der Waals surface area contributed by atoms with Gasteiger partial charge < -0.3 is 5.11 Å². The number of aryl methyl sites for hydroxylation is 1. The highest BCUT2D eigenvalue weighted by Gasteiger charge is 2.14. The van der Waals surface area contributed by atoms with Gasteiger partial charge in [0.05, 0.1) is 17.8 Å². The molecule has 2 aromatic rings. The van der Waals surface area contributed by atoms with Gasteiger partial charge in [0.2, 0.25) is 0 Å². The van der Waals surface area contributed by atoms with Crippen LogP contribution in [0, 0.1) is 0 Å². The first kappa shape index (κ1) is 13.5. The highest BCUT2D eigenvalue weighted by Crippen LogP contribution is 2.19. The number of carbonyl (C=O) groups is 1. The minimum atomic E-state index is -0.805. The maximum absolute atomic E-state index is 10.8. The molecule has 0 bridgehead atoms. The molecule has 0 unspecified atom stereocenters. The Balaban J connectivity index is 2.31. The summed E-state index contributed by atoms with van der Waals surface area (Å²) in [4.78, 5) is 12.7. The van der Waals surface area contributed by atoms with Gasteiger partial charge in [0.1, 0.15) is 0 Å². The number of hydrogen-bond acceptors (Lipinski definition) is 3. The molecule has 0 amide bonds. The van der Waals surface area contributed by atoms with E-state index in [2.05, 4.69) is 12.0 Å². The first-order valence-electron chi connectivity index (χ1n) is 6.54. The molecule has 1 aromatic heterocycles. The van der Waals surface area contributed by atoms with Crippen LogP contribution in [0.2, 0.25) is 0 Å². The van der Waals surface area contributed by atoms with E-state index in [1.54, 1.807) is 0 Å². The van der Waals surface area contributed by atoms with Gasteiger partial charge in [-0.2, -0.15) is 5.10 Å². The molecule has 0 aliphatic rings. The standard InChI is InChI=1S/C14H19N3O2/c1-3-16(10-14(18)19)9-12-11-7-5-6-8-13(11)17(4-2)15-12/h5-8H,3-4,9-10H2,1-2H3,(H,18,19). The van der Waals surface area contributed by atoms with E-state index in [0.29, 0.717) is 13.1 Å². The van der Waals surface area contributed by atoms with Gasteiger partial charge in [-0.05, 0) is 19.5 Å². The van der Waals surface area contributed by atoms with Crippen molar-refractivity contribution in [2.24, 2.45) is 0 Å². The molecule has 5 heteroatoms. The molecule has 1 N–H and O–H groups in total. The largest absolute Gasteiger partial charge is 0.480 e. The minimum Gasteiger partial charge on any atom is -0.480 e. The maximum Gasteiger partial charge on any atom is 0.317 e. The third kappa shape index (κ3) is 2.93. The number of carboxylic acid groups (broad SMARTS) is 1. The Morgan fingerprint density at radius 2 is 2.11 bits per heavy atom. The molecule has 19 heavy (non-hydrogen) atoms. The van der Waals surface area contributed by atoms with Crippen molar-refractivity contribution >= 4 is 16.9 Å². The highest BCUT2D eigenvalue weighted by atomic mass is 16.4. The Labute approximate surface area is 112 Å². The third-order valence-corrected chi connectivity index (χ3v) is 3.21. The van der Waals surface area contributed by atoms with Crippen molar-refractivity contribution in [3.05, 3.63) is 30.0 Å². The molecule has 0 spiro atoms. The zero-order chi connectivity index (χ0) is 13.8. The van der Waals surface area contributed by atoms with E-state index in [1.165, 1.54) is 0 Å². The van der Waals surface area contributed by atoms with E-state index in [-0.39, 0.29) is 6.54 Å². The molecule has 2 rings (SSSR count). The van der Waals surface area contributed by atoms with Gasteiger partial charge in [-0.25, -0.2) is 0 Å². The Kier molecular flexibility index (Phi) is 4.16. The smallest absolute Gasteiger partial charge is 0.317 e. The molecule has 0 atom stereocenters. The number of aliphatic carboxylic acids is 1. The second-order valence-electron chi connectivity index (χ2n) is 4.48. The first-order valence-corrected chi connectivity index (χ1v) is 6.54. The number of fused-ring (bicyclic) bond motifs is 1. The molecule has 1 heterocycles. The van der Waals surface area contributed by atoms with Crippen LogP contribution < -0.4 is 0 Å². The number of rotatable bonds is 6. The molecule has 0 radical (unpaired) electrons. The van der Waals surface area contributed by atoms with Crippen molar-refractivity contribution in [2.75, 3.05) is 13.1 Å². The molecule has 0 saturated heterocycles. The predicted molar refractivity (Wildman–Crippen MR) is 74.0 cm³/mol.